The molecular formula is C32H30F4N4O6. The van der Waals surface area contributed by atoms with Gasteiger partial charge in [0.15, 0.2) is 12.2 Å². The Bertz CT molecular complexity index is 1750. The van der Waals surface area contributed by atoms with E-state index in [-0.39, 0.29) is 46.6 Å². The van der Waals surface area contributed by atoms with Crippen LogP contribution >= 0.6 is 0 Å². The Kier molecular flexibility index (Phi) is 9.01. The summed E-state index contributed by atoms with van der Waals surface area (Å²) in [6.07, 6.45) is -3.13. The predicted octanol–water partition coefficient (Wildman–Crippen LogP) is 5.00. The van der Waals surface area contributed by atoms with Crippen LogP contribution in [0.5, 0.6) is 11.5 Å². The second-order valence-corrected chi connectivity index (χ2v) is 10.8. The maximum absolute atomic E-state index is 14.7. The monoisotopic (exact) mass is 642 g/mol. The van der Waals surface area contributed by atoms with Crippen molar-refractivity contribution in [2.45, 2.75) is 51.0 Å². The maximum Gasteiger partial charge on any atom is 0.424 e. The summed E-state index contributed by atoms with van der Waals surface area (Å²) in [4.78, 5) is 33.3. The number of aliphatic hydroxyl groups is 1. The number of carbonyl (C=O) groups is 2. The normalized spacial score (nSPS) is 14.4. The van der Waals surface area contributed by atoms with Gasteiger partial charge in [-0.3, -0.25) is 9.59 Å². The molecule has 4 N–H and O–H groups in total. The van der Waals surface area contributed by atoms with Crippen LogP contribution in [0.4, 0.5) is 17.6 Å². The molecule has 1 fully saturated rings. The van der Waals surface area contributed by atoms with E-state index in [2.05, 4.69) is 15.3 Å². The fraction of sp³-hybridized carbons (Fsp3) is 0.312. The van der Waals surface area contributed by atoms with E-state index in [0.717, 1.165) is 31.0 Å². The first-order valence-electron chi connectivity index (χ1n) is 14.3. The summed E-state index contributed by atoms with van der Waals surface area (Å²) in [7, 11) is 0. The number of pyridine rings is 1. The van der Waals surface area contributed by atoms with E-state index >= 15 is 0 Å². The van der Waals surface area contributed by atoms with Gasteiger partial charge in [0, 0.05) is 16.7 Å². The van der Waals surface area contributed by atoms with Crippen LogP contribution in [0.25, 0.3) is 22.6 Å². The first-order chi connectivity index (χ1) is 21.8. The average molecular weight is 643 g/mol. The topological polar surface area (TPSA) is 150 Å². The number of carbonyl (C=O) groups excluding carboxylic acids is 2. The number of hydrogen-bond acceptors (Lipinski definition) is 8. The van der Waals surface area contributed by atoms with Crippen LogP contribution in [0.2, 0.25) is 0 Å². The van der Waals surface area contributed by atoms with Gasteiger partial charge in [-0.2, -0.15) is 13.2 Å². The molecule has 2 heterocycles. The molecule has 5 rings (SSSR count). The van der Waals surface area contributed by atoms with Crippen LogP contribution in [0, 0.1) is 12.7 Å². The van der Waals surface area contributed by atoms with Crippen molar-refractivity contribution in [2.75, 3.05) is 13.2 Å². The first kappa shape index (κ1) is 32.4. The quantitative estimate of drug-likeness (QED) is 0.183. The highest BCUT2D eigenvalue weighted by Gasteiger charge is 2.56. The second-order valence-electron chi connectivity index (χ2n) is 10.8. The summed E-state index contributed by atoms with van der Waals surface area (Å²) in [5.41, 5.74) is 1.62. The highest BCUT2D eigenvalue weighted by molar-refractivity contribution is 5.95. The fourth-order valence-electron chi connectivity index (χ4n) is 4.75. The van der Waals surface area contributed by atoms with E-state index in [1.807, 2.05) is 0 Å². The molecule has 1 atom stereocenters. The Morgan fingerprint density at radius 3 is 2.43 bits per heavy atom. The van der Waals surface area contributed by atoms with Crippen molar-refractivity contribution in [1.29, 1.82) is 0 Å². The average Bonchev–Trinajstić information content (AvgIpc) is 3.72. The zero-order valence-electron chi connectivity index (χ0n) is 24.8. The van der Waals surface area contributed by atoms with Crippen molar-refractivity contribution in [3.63, 3.8) is 0 Å². The Morgan fingerprint density at radius 1 is 1.13 bits per heavy atom. The minimum atomic E-state index is -5.36. The summed E-state index contributed by atoms with van der Waals surface area (Å²) in [6.45, 7) is 2.03. The van der Waals surface area contributed by atoms with Gasteiger partial charge in [0.2, 0.25) is 11.5 Å². The van der Waals surface area contributed by atoms with Crippen LogP contribution in [-0.2, 0) is 16.8 Å². The Hall–Kier alpha value is -4.98. The molecule has 14 heteroatoms. The lowest BCUT2D eigenvalue weighted by Gasteiger charge is -2.31. The van der Waals surface area contributed by atoms with E-state index in [4.69, 9.17) is 19.6 Å². The van der Waals surface area contributed by atoms with Crippen LogP contribution < -0.4 is 20.5 Å². The van der Waals surface area contributed by atoms with Gasteiger partial charge in [-0.25, -0.2) is 14.4 Å². The molecule has 2 amide bonds. The zero-order chi connectivity index (χ0) is 33.2. The third kappa shape index (κ3) is 6.81. The van der Waals surface area contributed by atoms with E-state index in [0.29, 0.717) is 17.0 Å². The Balaban J connectivity index is 1.52. The molecule has 1 aliphatic rings. The highest BCUT2D eigenvalue weighted by atomic mass is 19.4. The molecule has 2 aromatic carbocycles. The molecule has 4 aromatic rings. The summed E-state index contributed by atoms with van der Waals surface area (Å²) in [6, 6.07) is 9.82. The molecule has 0 aliphatic heterocycles. The number of oxazole rings is 1. The van der Waals surface area contributed by atoms with E-state index in [1.165, 1.54) is 36.7 Å². The minimum Gasteiger partial charge on any atom is -0.491 e. The SMILES string of the molecule is CCOc1c(CC(N)=O)cc([C@@](O)(CNC(=O)c2ccc(-c3ocnc3C)c(OC3CC3)c2)C(F)(F)F)nc1-c1ccc(F)cc1. The highest BCUT2D eigenvalue weighted by Crippen LogP contribution is 2.42. The molecule has 10 nitrogen and oxygen atoms in total. The lowest BCUT2D eigenvalue weighted by molar-refractivity contribution is -0.265. The number of aromatic nitrogens is 2. The van der Waals surface area contributed by atoms with E-state index in [1.54, 1.807) is 13.8 Å². The van der Waals surface area contributed by atoms with Gasteiger partial charge in [0.25, 0.3) is 5.91 Å². The molecular weight excluding hydrogens is 612 g/mol. The largest absolute Gasteiger partial charge is 0.491 e. The molecule has 1 saturated carbocycles. The molecule has 0 unspecified atom stereocenters. The summed E-state index contributed by atoms with van der Waals surface area (Å²) in [5, 5.41) is 13.4. The number of primary amides is 1. The van der Waals surface area contributed by atoms with Crippen LogP contribution in [0.15, 0.2) is 59.3 Å². The standard InChI is InChI=1S/C32H30F4N4O6/c1-3-44-29-20(14-26(37)41)13-25(40-27(29)18-4-7-21(33)8-5-18)31(43,32(34,35)36)15-38-30(42)19-6-11-23(28-17(2)39-16-45-28)24(12-19)46-22-9-10-22/h4-8,11-13,16,22,43H,3,9-10,14-15H2,1-2H3,(H2,37,41)(H,38,42)/t31-/m0/s1. The van der Waals surface area contributed by atoms with Crippen molar-refractivity contribution in [2.24, 2.45) is 5.73 Å². The number of rotatable bonds is 12. The number of halogens is 4. The number of nitrogens with zero attached hydrogens (tertiary/aromatic N) is 2. The lowest BCUT2D eigenvalue weighted by Crippen LogP contribution is -2.51. The maximum atomic E-state index is 14.7. The van der Waals surface area contributed by atoms with Gasteiger partial charge in [-0.05, 0) is 75.2 Å². The smallest absolute Gasteiger partial charge is 0.424 e. The second kappa shape index (κ2) is 12.8. The Labute approximate surface area is 260 Å². The first-order valence-corrected chi connectivity index (χ1v) is 14.3. The predicted molar refractivity (Wildman–Crippen MR) is 156 cm³/mol. The third-order valence-corrected chi connectivity index (χ3v) is 7.27. The van der Waals surface area contributed by atoms with Gasteiger partial charge in [-0.15, -0.1) is 0 Å². The van der Waals surface area contributed by atoms with Gasteiger partial charge < -0.3 is 30.0 Å². The number of nitrogens with one attached hydrogen (secondary N) is 1. The Morgan fingerprint density at radius 2 is 1.85 bits per heavy atom. The van der Waals surface area contributed by atoms with Gasteiger partial charge in [0.1, 0.15) is 23.0 Å². The van der Waals surface area contributed by atoms with Gasteiger partial charge >= 0.3 is 6.18 Å². The molecule has 0 bridgehead atoms. The van der Waals surface area contributed by atoms with Crippen molar-refractivity contribution in [3.05, 3.63) is 83.3 Å². The number of nitrogens with two attached hydrogens (primary N) is 1. The number of benzene rings is 2. The van der Waals surface area contributed by atoms with Crippen LogP contribution in [0.1, 0.15) is 47.1 Å². The summed E-state index contributed by atoms with van der Waals surface area (Å²) in [5.74, 6) is -1.80. The van der Waals surface area contributed by atoms with Gasteiger partial charge in [-0.1, -0.05) is 0 Å². The molecule has 2 aromatic heterocycles. The van der Waals surface area contributed by atoms with Crippen molar-refractivity contribution >= 4 is 11.8 Å². The fourth-order valence-corrected chi connectivity index (χ4v) is 4.75. The number of amides is 2. The van der Waals surface area contributed by atoms with Gasteiger partial charge in [0.05, 0.1) is 42.6 Å². The van der Waals surface area contributed by atoms with Crippen molar-refractivity contribution in [3.8, 4) is 34.1 Å². The molecule has 0 radical (unpaired) electrons. The number of aryl methyl sites for hydroxylation is 1. The number of hydrogen-bond donors (Lipinski definition) is 3. The summed E-state index contributed by atoms with van der Waals surface area (Å²) < 4.78 is 74.8. The number of alkyl halides is 3. The summed E-state index contributed by atoms with van der Waals surface area (Å²) >= 11 is 0. The zero-order valence-corrected chi connectivity index (χ0v) is 24.8. The lowest BCUT2D eigenvalue weighted by atomic mass is 9.93. The van der Waals surface area contributed by atoms with Crippen LogP contribution in [0.3, 0.4) is 0 Å². The minimum absolute atomic E-state index is 0.0397. The van der Waals surface area contributed by atoms with E-state index in [9.17, 15) is 32.3 Å². The van der Waals surface area contributed by atoms with Crippen molar-refractivity contribution in [1.82, 2.24) is 15.3 Å². The molecule has 242 valence electrons. The van der Waals surface area contributed by atoms with Crippen LogP contribution in [-0.4, -0.2) is 52.3 Å². The number of ether oxygens (including phenoxy) is 2. The molecule has 46 heavy (non-hydrogen) atoms. The third-order valence-electron chi connectivity index (χ3n) is 7.27. The van der Waals surface area contributed by atoms with E-state index < -0.39 is 48.1 Å². The molecule has 0 saturated heterocycles. The molecule has 0 spiro atoms. The van der Waals surface area contributed by atoms with Crippen molar-refractivity contribution < 1.29 is 46.1 Å². The molecule has 1 aliphatic carbocycles.